The number of nitrogens with one attached hydrogen (secondary N) is 1. The number of benzene rings is 2. The van der Waals surface area contributed by atoms with Crippen LogP contribution in [0, 0.1) is 0 Å². The first-order valence-corrected chi connectivity index (χ1v) is 6.50. The maximum absolute atomic E-state index is 11.0. The van der Waals surface area contributed by atoms with Gasteiger partial charge in [-0.15, -0.1) is 11.8 Å². The van der Waals surface area contributed by atoms with Crippen LogP contribution in [0.3, 0.4) is 0 Å². The van der Waals surface area contributed by atoms with E-state index in [0.717, 1.165) is 5.75 Å². The second-order valence-electron chi connectivity index (χ2n) is 3.70. The lowest BCUT2D eigenvalue weighted by molar-refractivity contribution is -0.118. The summed E-state index contributed by atoms with van der Waals surface area (Å²) in [6.45, 7) is 0. The van der Waals surface area contributed by atoms with Crippen LogP contribution in [-0.2, 0) is 10.5 Å². The van der Waals surface area contributed by atoms with Gasteiger partial charge in [-0.25, -0.2) is 5.84 Å². The van der Waals surface area contributed by atoms with Crippen molar-refractivity contribution in [3.8, 4) is 0 Å². The first kappa shape index (κ1) is 12.0. The van der Waals surface area contributed by atoms with Gasteiger partial charge in [0.2, 0.25) is 5.91 Å². The fraction of sp³-hybridized carbons (Fsp3) is 0.154. The van der Waals surface area contributed by atoms with E-state index >= 15 is 0 Å². The van der Waals surface area contributed by atoms with Crippen molar-refractivity contribution in [1.82, 2.24) is 5.43 Å². The average molecular weight is 246 g/mol. The first-order chi connectivity index (χ1) is 8.31. The Morgan fingerprint density at radius 1 is 1.18 bits per heavy atom. The van der Waals surface area contributed by atoms with E-state index in [1.165, 1.54) is 16.3 Å². The first-order valence-electron chi connectivity index (χ1n) is 5.35. The molecule has 0 bridgehead atoms. The largest absolute Gasteiger partial charge is 0.294 e. The number of carbonyl (C=O) groups is 1. The molecular formula is C13H14N2OS. The third-order valence-corrected chi connectivity index (χ3v) is 3.51. The van der Waals surface area contributed by atoms with Gasteiger partial charge in [-0.3, -0.25) is 10.2 Å². The molecule has 0 aliphatic carbocycles. The second-order valence-corrected chi connectivity index (χ2v) is 4.68. The molecule has 0 aromatic heterocycles. The maximum Gasteiger partial charge on any atom is 0.243 e. The van der Waals surface area contributed by atoms with Gasteiger partial charge in [-0.05, 0) is 16.3 Å². The molecule has 0 unspecified atom stereocenters. The van der Waals surface area contributed by atoms with Crippen molar-refractivity contribution in [2.45, 2.75) is 5.75 Å². The van der Waals surface area contributed by atoms with Crippen LogP contribution in [0.5, 0.6) is 0 Å². The van der Waals surface area contributed by atoms with Crippen molar-refractivity contribution in [2.75, 3.05) is 5.75 Å². The second kappa shape index (κ2) is 5.70. The summed E-state index contributed by atoms with van der Waals surface area (Å²) in [6.07, 6.45) is 0. The zero-order valence-electron chi connectivity index (χ0n) is 9.35. The summed E-state index contributed by atoms with van der Waals surface area (Å²) in [5.74, 6) is 6.09. The molecule has 3 nitrogen and oxygen atoms in total. The minimum atomic E-state index is -0.143. The monoisotopic (exact) mass is 246 g/mol. The molecule has 0 saturated carbocycles. The van der Waals surface area contributed by atoms with Gasteiger partial charge in [-0.1, -0.05) is 42.5 Å². The van der Waals surface area contributed by atoms with Crippen LogP contribution in [0.4, 0.5) is 0 Å². The normalized spacial score (nSPS) is 10.4. The lowest BCUT2D eigenvalue weighted by atomic mass is 10.1. The third kappa shape index (κ3) is 2.99. The van der Waals surface area contributed by atoms with E-state index in [4.69, 9.17) is 5.84 Å². The molecule has 0 radical (unpaired) electrons. The number of rotatable bonds is 4. The summed E-state index contributed by atoms with van der Waals surface area (Å²) < 4.78 is 0. The van der Waals surface area contributed by atoms with E-state index in [1.807, 2.05) is 18.2 Å². The van der Waals surface area contributed by atoms with Crippen molar-refractivity contribution in [2.24, 2.45) is 5.84 Å². The van der Waals surface area contributed by atoms with Crippen LogP contribution >= 0.6 is 11.8 Å². The van der Waals surface area contributed by atoms with Gasteiger partial charge >= 0.3 is 0 Å². The van der Waals surface area contributed by atoms with Crippen LogP contribution in [-0.4, -0.2) is 11.7 Å². The summed E-state index contributed by atoms with van der Waals surface area (Å²) in [4.78, 5) is 11.0. The molecule has 0 aliphatic rings. The Bertz CT molecular complexity index is 522. The Morgan fingerprint density at radius 2 is 1.94 bits per heavy atom. The zero-order valence-corrected chi connectivity index (χ0v) is 10.2. The molecule has 17 heavy (non-hydrogen) atoms. The summed E-state index contributed by atoms with van der Waals surface area (Å²) >= 11 is 1.56. The standard InChI is InChI=1S/C13H14N2OS/c14-15-13(16)9-17-8-11-6-3-5-10-4-1-2-7-12(10)11/h1-7H,8-9,14H2,(H,15,16). The topological polar surface area (TPSA) is 55.1 Å². The minimum absolute atomic E-state index is 0.143. The summed E-state index contributed by atoms with van der Waals surface area (Å²) in [6, 6.07) is 14.5. The Balaban J connectivity index is 2.11. The highest BCUT2D eigenvalue weighted by molar-refractivity contribution is 7.99. The minimum Gasteiger partial charge on any atom is -0.294 e. The summed E-state index contributed by atoms with van der Waals surface area (Å²) in [5, 5.41) is 2.48. The smallest absolute Gasteiger partial charge is 0.243 e. The van der Waals surface area contributed by atoms with E-state index in [9.17, 15) is 4.79 Å². The summed E-state index contributed by atoms with van der Waals surface area (Å²) in [7, 11) is 0. The van der Waals surface area contributed by atoms with Crippen molar-refractivity contribution in [3.05, 3.63) is 48.0 Å². The van der Waals surface area contributed by atoms with Crippen molar-refractivity contribution in [1.29, 1.82) is 0 Å². The lowest BCUT2D eigenvalue weighted by Crippen LogP contribution is -2.31. The highest BCUT2D eigenvalue weighted by atomic mass is 32.2. The van der Waals surface area contributed by atoms with Crippen LogP contribution in [0.25, 0.3) is 10.8 Å². The Kier molecular flexibility index (Phi) is 4.01. The number of nitrogens with two attached hydrogens (primary N) is 1. The van der Waals surface area contributed by atoms with Gasteiger partial charge in [0.1, 0.15) is 0 Å². The molecule has 0 spiro atoms. The maximum atomic E-state index is 11.0. The molecule has 1 amide bonds. The number of hydrogen-bond acceptors (Lipinski definition) is 3. The molecule has 2 rings (SSSR count). The van der Waals surface area contributed by atoms with Gasteiger partial charge in [0.15, 0.2) is 0 Å². The fourth-order valence-corrected chi connectivity index (χ4v) is 2.56. The highest BCUT2D eigenvalue weighted by Gasteiger charge is 2.02. The predicted octanol–water partition coefficient (Wildman–Crippen LogP) is 2.06. The number of hydrazine groups is 1. The number of carbonyl (C=O) groups excluding carboxylic acids is 1. The molecule has 4 heteroatoms. The molecule has 0 fully saturated rings. The van der Waals surface area contributed by atoms with Crippen LogP contribution in [0.2, 0.25) is 0 Å². The van der Waals surface area contributed by atoms with Crippen LogP contribution < -0.4 is 11.3 Å². The summed E-state index contributed by atoms with van der Waals surface area (Å²) in [5.41, 5.74) is 3.38. The Labute approximate surface area is 104 Å². The van der Waals surface area contributed by atoms with Gasteiger partial charge in [0.05, 0.1) is 5.75 Å². The van der Waals surface area contributed by atoms with E-state index in [0.29, 0.717) is 5.75 Å². The SMILES string of the molecule is NNC(=O)CSCc1cccc2ccccc12. The Hall–Kier alpha value is -1.52. The van der Waals surface area contributed by atoms with Crippen LogP contribution in [0.1, 0.15) is 5.56 Å². The van der Waals surface area contributed by atoms with Gasteiger partial charge < -0.3 is 0 Å². The van der Waals surface area contributed by atoms with Crippen molar-refractivity contribution in [3.63, 3.8) is 0 Å². The van der Waals surface area contributed by atoms with E-state index in [2.05, 4.69) is 29.7 Å². The number of fused-ring (bicyclic) bond motifs is 1. The van der Waals surface area contributed by atoms with Crippen molar-refractivity contribution < 1.29 is 4.79 Å². The molecule has 3 N–H and O–H groups in total. The van der Waals surface area contributed by atoms with Gasteiger partial charge in [0, 0.05) is 5.75 Å². The van der Waals surface area contributed by atoms with Gasteiger partial charge in [0.25, 0.3) is 0 Å². The molecule has 88 valence electrons. The quantitative estimate of drug-likeness (QED) is 0.493. The number of hydrogen-bond donors (Lipinski definition) is 2. The van der Waals surface area contributed by atoms with E-state index in [-0.39, 0.29) is 5.91 Å². The highest BCUT2D eigenvalue weighted by Crippen LogP contribution is 2.22. The third-order valence-electron chi connectivity index (χ3n) is 2.53. The lowest BCUT2D eigenvalue weighted by Gasteiger charge is -2.05. The number of thioether (sulfide) groups is 1. The zero-order chi connectivity index (χ0) is 12.1. The molecule has 0 atom stereocenters. The number of amides is 1. The molecular weight excluding hydrogens is 232 g/mol. The molecule has 0 aliphatic heterocycles. The van der Waals surface area contributed by atoms with E-state index < -0.39 is 0 Å². The predicted molar refractivity (Wildman–Crippen MR) is 72.4 cm³/mol. The van der Waals surface area contributed by atoms with Gasteiger partial charge in [-0.2, -0.15) is 0 Å². The van der Waals surface area contributed by atoms with Crippen molar-refractivity contribution >= 4 is 28.4 Å². The molecule has 2 aromatic carbocycles. The Morgan fingerprint density at radius 3 is 2.76 bits per heavy atom. The molecule has 0 heterocycles. The van der Waals surface area contributed by atoms with E-state index in [1.54, 1.807) is 11.8 Å². The van der Waals surface area contributed by atoms with Crippen LogP contribution in [0.15, 0.2) is 42.5 Å². The average Bonchev–Trinajstić information content (AvgIpc) is 2.39. The molecule has 2 aromatic rings. The fourth-order valence-electron chi connectivity index (χ4n) is 1.71. The molecule has 0 saturated heterocycles.